The van der Waals surface area contributed by atoms with Crippen LogP contribution in [0.15, 0.2) is 24.3 Å². The summed E-state index contributed by atoms with van der Waals surface area (Å²) in [6, 6.07) is 8.04. The summed E-state index contributed by atoms with van der Waals surface area (Å²) in [4.78, 5) is 0. The van der Waals surface area contributed by atoms with E-state index in [9.17, 15) is 0 Å². The van der Waals surface area contributed by atoms with E-state index in [1.165, 1.54) is 5.56 Å². The SMILES string of the molecule is CCC(CBr)c1ccccc1Cl. The maximum atomic E-state index is 6.06. The molecule has 0 aliphatic rings. The molecule has 0 aliphatic heterocycles. The van der Waals surface area contributed by atoms with Crippen LogP contribution in [-0.2, 0) is 0 Å². The summed E-state index contributed by atoms with van der Waals surface area (Å²) in [6.07, 6.45) is 1.12. The molecule has 0 amide bonds. The number of alkyl halides is 1. The van der Waals surface area contributed by atoms with Gasteiger partial charge in [0, 0.05) is 10.4 Å². The van der Waals surface area contributed by atoms with Crippen LogP contribution in [0.3, 0.4) is 0 Å². The third-order valence-electron chi connectivity index (χ3n) is 2.02. The summed E-state index contributed by atoms with van der Waals surface area (Å²) in [6.45, 7) is 2.18. The predicted octanol–water partition coefficient (Wildman–Crippen LogP) is 4.23. The van der Waals surface area contributed by atoms with Crippen molar-refractivity contribution in [1.82, 2.24) is 0 Å². The predicted molar refractivity (Wildman–Crippen MR) is 58.3 cm³/mol. The summed E-state index contributed by atoms with van der Waals surface area (Å²) < 4.78 is 0. The normalized spacial score (nSPS) is 12.9. The molecule has 2 heteroatoms. The van der Waals surface area contributed by atoms with E-state index in [2.05, 4.69) is 28.9 Å². The summed E-state index contributed by atoms with van der Waals surface area (Å²) in [5.74, 6) is 0.540. The molecule has 66 valence electrons. The molecule has 1 aromatic rings. The van der Waals surface area contributed by atoms with Gasteiger partial charge in [0.05, 0.1) is 0 Å². The Morgan fingerprint density at radius 3 is 2.58 bits per heavy atom. The van der Waals surface area contributed by atoms with Gasteiger partial charge in [-0.1, -0.05) is 52.7 Å². The topological polar surface area (TPSA) is 0 Å². The van der Waals surface area contributed by atoms with Crippen LogP contribution in [-0.4, -0.2) is 5.33 Å². The molecule has 1 unspecified atom stereocenters. The molecule has 12 heavy (non-hydrogen) atoms. The van der Waals surface area contributed by atoms with Gasteiger partial charge in [-0.15, -0.1) is 0 Å². The maximum absolute atomic E-state index is 6.06. The quantitative estimate of drug-likeness (QED) is 0.701. The Morgan fingerprint density at radius 2 is 2.08 bits per heavy atom. The molecule has 0 bridgehead atoms. The average molecular weight is 248 g/mol. The van der Waals surface area contributed by atoms with Gasteiger partial charge in [-0.05, 0) is 24.0 Å². The Kier molecular flexibility index (Phi) is 4.10. The van der Waals surface area contributed by atoms with E-state index in [0.717, 1.165) is 16.8 Å². The Morgan fingerprint density at radius 1 is 1.42 bits per heavy atom. The zero-order chi connectivity index (χ0) is 8.97. The Balaban J connectivity index is 2.92. The van der Waals surface area contributed by atoms with Gasteiger partial charge in [-0.2, -0.15) is 0 Å². The molecule has 0 fully saturated rings. The molecule has 0 spiro atoms. The van der Waals surface area contributed by atoms with Crippen LogP contribution < -0.4 is 0 Å². The van der Waals surface area contributed by atoms with Crippen molar-refractivity contribution in [2.45, 2.75) is 19.3 Å². The molecule has 0 heterocycles. The molecule has 1 aromatic carbocycles. The first-order valence-electron chi connectivity index (χ1n) is 4.10. The summed E-state index contributed by atoms with van der Waals surface area (Å²) in [7, 11) is 0. The van der Waals surface area contributed by atoms with Gasteiger partial charge in [0.25, 0.3) is 0 Å². The van der Waals surface area contributed by atoms with Crippen molar-refractivity contribution in [2.75, 3.05) is 5.33 Å². The van der Waals surface area contributed by atoms with Crippen LogP contribution in [0.4, 0.5) is 0 Å². The molecule has 0 saturated heterocycles. The molecule has 0 aliphatic carbocycles. The summed E-state index contributed by atoms with van der Waals surface area (Å²) >= 11 is 9.54. The second kappa shape index (κ2) is 4.88. The lowest BCUT2D eigenvalue weighted by Gasteiger charge is -2.12. The van der Waals surface area contributed by atoms with E-state index >= 15 is 0 Å². The van der Waals surface area contributed by atoms with Crippen LogP contribution in [0, 0.1) is 0 Å². The Bertz CT molecular complexity index is 243. The first-order chi connectivity index (χ1) is 5.79. The number of hydrogen-bond acceptors (Lipinski definition) is 0. The highest BCUT2D eigenvalue weighted by Crippen LogP contribution is 2.27. The number of benzene rings is 1. The lowest BCUT2D eigenvalue weighted by atomic mass is 9.99. The van der Waals surface area contributed by atoms with Gasteiger partial charge < -0.3 is 0 Å². The van der Waals surface area contributed by atoms with Crippen molar-refractivity contribution in [3.05, 3.63) is 34.9 Å². The Labute approximate surface area is 87.1 Å². The number of rotatable bonds is 3. The monoisotopic (exact) mass is 246 g/mol. The molecule has 1 rings (SSSR count). The van der Waals surface area contributed by atoms with Crippen molar-refractivity contribution in [3.63, 3.8) is 0 Å². The van der Waals surface area contributed by atoms with E-state index < -0.39 is 0 Å². The minimum Gasteiger partial charge on any atom is -0.0921 e. The van der Waals surface area contributed by atoms with Crippen LogP contribution in [0.1, 0.15) is 24.8 Å². The van der Waals surface area contributed by atoms with Crippen LogP contribution in [0.2, 0.25) is 5.02 Å². The number of halogens is 2. The maximum Gasteiger partial charge on any atom is 0.0441 e. The van der Waals surface area contributed by atoms with E-state index in [-0.39, 0.29) is 0 Å². The van der Waals surface area contributed by atoms with Crippen LogP contribution >= 0.6 is 27.5 Å². The van der Waals surface area contributed by atoms with Gasteiger partial charge in [-0.3, -0.25) is 0 Å². The fourth-order valence-corrected chi connectivity index (χ4v) is 2.31. The molecular formula is C10H12BrCl. The molecule has 0 N–H and O–H groups in total. The summed E-state index contributed by atoms with van der Waals surface area (Å²) in [5.41, 5.74) is 1.25. The van der Waals surface area contributed by atoms with Crippen molar-refractivity contribution in [2.24, 2.45) is 0 Å². The smallest absolute Gasteiger partial charge is 0.0441 e. The highest BCUT2D eigenvalue weighted by molar-refractivity contribution is 9.09. The van der Waals surface area contributed by atoms with E-state index in [1.807, 2.05) is 18.2 Å². The van der Waals surface area contributed by atoms with Gasteiger partial charge in [0.2, 0.25) is 0 Å². The molecule has 0 aromatic heterocycles. The van der Waals surface area contributed by atoms with Crippen molar-refractivity contribution < 1.29 is 0 Å². The third kappa shape index (κ3) is 2.24. The zero-order valence-corrected chi connectivity index (χ0v) is 9.40. The molecule has 0 saturated carbocycles. The molecule has 1 atom stereocenters. The van der Waals surface area contributed by atoms with E-state index in [0.29, 0.717) is 5.92 Å². The highest BCUT2D eigenvalue weighted by Gasteiger charge is 2.09. The first-order valence-corrected chi connectivity index (χ1v) is 5.60. The minimum atomic E-state index is 0.540. The summed E-state index contributed by atoms with van der Waals surface area (Å²) in [5, 5.41) is 1.86. The van der Waals surface area contributed by atoms with Crippen molar-refractivity contribution in [1.29, 1.82) is 0 Å². The molecule has 0 nitrogen and oxygen atoms in total. The zero-order valence-electron chi connectivity index (χ0n) is 7.06. The van der Waals surface area contributed by atoms with Crippen LogP contribution in [0.5, 0.6) is 0 Å². The lowest BCUT2D eigenvalue weighted by molar-refractivity contribution is 0.749. The third-order valence-corrected chi connectivity index (χ3v) is 3.15. The second-order valence-electron chi connectivity index (χ2n) is 2.78. The number of hydrogen-bond donors (Lipinski definition) is 0. The largest absolute Gasteiger partial charge is 0.0921 e. The highest BCUT2D eigenvalue weighted by atomic mass is 79.9. The fraction of sp³-hybridized carbons (Fsp3) is 0.400. The van der Waals surface area contributed by atoms with E-state index in [1.54, 1.807) is 0 Å². The van der Waals surface area contributed by atoms with Crippen molar-refractivity contribution in [3.8, 4) is 0 Å². The van der Waals surface area contributed by atoms with Crippen molar-refractivity contribution >= 4 is 27.5 Å². The van der Waals surface area contributed by atoms with Gasteiger partial charge in [-0.25, -0.2) is 0 Å². The second-order valence-corrected chi connectivity index (χ2v) is 3.84. The fourth-order valence-electron chi connectivity index (χ4n) is 1.22. The first kappa shape index (κ1) is 10.1. The molecule has 0 radical (unpaired) electrons. The molecular weight excluding hydrogens is 235 g/mol. The van der Waals surface area contributed by atoms with Gasteiger partial charge in [0.15, 0.2) is 0 Å². The van der Waals surface area contributed by atoms with Gasteiger partial charge in [0.1, 0.15) is 0 Å². The van der Waals surface area contributed by atoms with Gasteiger partial charge >= 0.3 is 0 Å². The minimum absolute atomic E-state index is 0.540. The standard InChI is InChI=1S/C10H12BrCl/c1-2-8(7-11)9-5-3-4-6-10(9)12/h3-6,8H,2,7H2,1H3. The lowest BCUT2D eigenvalue weighted by Crippen LogP contribution is -1.98. The average Bonchev–Trinajstić information content (AvgIpc) is 2.10. The Hall–Kier alpha value is -0.0100. The van der Waals surface area contributed by atoms with E-state index in [4.69, 9.17) is 11.6 Å². The van der Waals surface area contributed by atoms with Crippen LogP contribution in [0.25, 0.3) is 0 Å².